The average Bonchev–Trinajstić information content (AvgIpc) is 2.77. The van der Waals surface area contributed by atoms with Gasteiger partial charge in [-0.25, -0.2) is 0 Å². The number of nitro groups is 1. The van der Waals surface area contributed by atoms with Gasteiger partial charge in [0.2, 0.25) is 0 Å². The Hall–Kier alpha value is -3.87. The molecular weight excluding hydrogens is 394 g/mol. The van der Waals surface area contributed by atoms with Gasteiger partial charge in [0, 0.05) is 18.6 Å². The van der Waals surface area contributed by atoms with Crippen molar-refractivity contribution in [2.24, 2.45) is 5.10 Å². The summed E-state index contributed by atoms with van der Waals surface area (Å²) in [5.74, 6) is 1.67. The van der Waals surface area contributed by atoms with Gasteiger partial charge in [0.05, 0.1) is 30.0 Å². The summed E-state index contributed by atoms with van der Waals surface area (Å²) < 4.78 is 11.5. The van der Waals surface area contributed by atoms with Gasteiger partial charge in [0.1, 0.15) is 11.5 Å². The lowest BCUT2D eigenvalue weighted by Crippen LogP contribution is -2.05. The smallest absolute Gasteiger partial charge is 0.269 e. The number of nitro benzene ring substituents is 1. The monoisotopic (exact) mass is 419 g/mol. The number of nitrogens with one attached hydrogen (secondary N) is 1. The van der Waals surface area contributed by atoms with Crippen LogP contribution >= 0.6 is 0 Å². The molecule has 3 rings (SSSR count). The first-order valence-electron chi connectivity index (χ1n) is 9.98. The maximum absolute atomic E-state index is 10.7. The third-order valence-corrected chi connectivity index (χ3v) is 4.67. The van der Waals surface area contributed by atoms with E-state index in [1.807, 2.05) is 36.4 Å². The highest BCUT2D eigenvalue weighted by atomic mass is 16.6. The molecule has 31 heavy (non-hydrogen) atoms. The topological polar surface area (TPSA) is 86.0 Å². The quantitative estimate of drug-likeness (QED) is 0.203. The van der Waals surface area contributed by atoms with Crippen LogP contribution in [-0.2, 0) is 0 Å². The number of nitrogens with zero attached hydrogens (tertiary/aromatic N) is 2. The van der Waals surface area contributed by atoms with Crippen molar-refractivity contribution in [3.63, 3.8) is 0 Å². The third-order valence-electron chi connectivity index (χ3n) is 4.67. The van der Waals surface area contributed by atoms with Gasteiger partial charge in [-0.2, -0.15) is 5.10 Å². The lowest BCUT2D eigenvalue weighted by atomic mass is 10.1. The molecule has 0 saturated heterocycles. The zero-order valence-electron chi connectivity index (χ0n) is 17.6. The number of rotatable bonds is 10. The van der Waals surface area contributed by atoms with Crippen molar-refractivity contribution in [1.82, 2.24) is 0 Å². The van der Waals surface area contributed by atoms with Gasteiger partial charge in [0.15, 0.2) is 0 Å². The second-order valence-corrected chi connectivity index (χ2v) is 7.04. The Morgan fingerprint density at radius 2 is 1.55 bits per heavy atom. The minimum absolute atomic E-state index is 0.0435. The van der Waals surface area contributed by atoms with Crippen LogP contribution in [0.5, 0.6) is 11.5 Å². The first kappa shape index (κ1) is 21.8. The molecule has 0 spiro atoms. The summed E-state index contributed by atoms with van der Waals surface area (Å²) in [7, 11) is 0. The van der Waals surface area contributed by atoms with Crippen molar-refractivity contribution >= 4 is 17.6 Å². The Balaban J connectivity index is 1.37. The van der Waals surface area contributed by atoms with Gasteiger partial charge < -0.3 is 9.47 Å². The molecule has 7 nitrogen and oxygen atoms in total. The summed E-state index contributed by atoms with van der Waals surface area (Å²) >= 11 is 0. The van der Waals surface area contributed by atoms with Crippen molar-refractivity contribution in [3.05, 3.63) is 93.5 Å². The van der Waals surface area contributed by atoms with Gasteiger partial charge in [-0.05, 0) is 79.1 Å². The first-order valence-corrected chi connectivity index (χ1v) is 9.98. The summed E-state index contributed by atoms with van der Waals surface area (Å²) in [4.78, 5) is 10.2. The largest absolute Gasteiger partial charge is 0.493 e. The fourth-order valence-electron chi connectivity index (χ4n) is 2.73. The normalized spacial score (nSPS) is 10.8. The van der Waals surface area contributed by atoms with E-state index >= 15 is 0 Å². The highest BCUT2D eigenvalue weighted by Gasteiger charge is 2.03. The molecule has 160 valence electrons. The Morgan fingerprint density at radius 3 is 2.19 bits per heavy atom. The highest BCUT2D eigenvalue weighted by molar-refractivity contribution is 5.80. The molecule has 0 unspecified atom stereocenters. The van der Waals surface area contributed by atoms with Crippen LogP contribution in [0.3, 0.4) is 0 Å². The number of ether oxygens (including phenoxy) is 2. The SMILES string of the molecule is Cc1ccc(OCCCOc2ccc(/C=N/Nc3ccc([N+](=O)[O-])cc3)cc2)cc1C. The van der Waals surface area contributed by atoms with E-state index in [1.165, 1.54) is 23.3 Å². The zero-order valence-corrected chi connectivity index (χ0v) is 17.6. The first-order chi connectivity index (χ1) is 15.0. The van der Waals surface area contributed by atoms with Crippen LogP contribution in [0, 0.1) is 24.0 Å². The van der Waals surface area contributed by atoms with Crippen LogP contribution in [-0.4, -0.2) is 24.4 Å². The number of hydrogen-bond donors (Lipinski definition) is 1. The Bertz CT molecular complexity index is 1030. The zero-order chi connectivity index (χ0) is 22.1. The summed E-state index contributed by atoms with van der Waals surface area (Å²) in [6, 6.07) is 19.7. The minimum atomic E-state index is -0.436. The fraction of sp³-hybridized carbons (Fsp3) is 0.208. The van der Waals surface area contributed by atoms with E-state index in [0.29, 0.717) is 18.9 Å². The number of anilines is 1. The van der Waals surface area contributed by atoms with E-state index in [9.17, 15) is 10.1 Å². The molecule has 3 aromatic carbocycles. The highest BCUT2D eigenvalue weighted by Crippen LogP contribution is 2.17. The van der Waals surface area contributed by atoms with E-state index in [1.54, 1.807) is 18.3 Å². The van der Waals surface area contributed by atoms with E-state index in [0.717, 1.165) is 23.5 Å². The number of non-ortho nitro benzene ring substituents is 1. The lowest BCUT2D eigenvalue weighted by molar-refractivity contribution is -0.384. The molecule has 7 heteroatoms. The van der Waals surface area contributed by atoms with Gasteiger partial charge in [-0.1, -0.05) is 6.07 Å². The molecule has 0 aliphatic rings. The molecule has 0 atom stereocenters. The molecule has 0 fully saturated rings. The van der Waals surface area contributed by atoms with Gasteiger partial charge in [-0.3, -0.25) is 15.5 Å². The summed E-state index contributed by atoms with van der Waals surface area (Å²) in [5, 5.41) is 14.8. The lowest BCUT2D eigenvalue weighted by Gasteiger charge is -2.09. The average molecular weight is 419 g/mol. The molecule has 0 aromatic heterocycles. The van der Waals surface area contributed by atoms with Crippen LogP contribution in [0.1, 0.15) is 23.1 Å². The predicted molar refractivity (Wildman–Crippen MR) is 122 cm³/mol. The molecule has 0 saturated carbocycles. The number of hydrazone groups is 1. The third kappa shape index (κ3) is 6.85. The second-order valence-electron chi connectivity index (χ2n) is 7.04. The van der Waals surface area contributed by atoms with Crippen LogP contribution in [0.15, 0.2) is 71.8 Å². The number of benzene rings is 3. The van der Waals surface area contributed by atoms with Crippen molar-refractivity contribution in [2.75, 3.05) is 18.6 Å². The molecule has 0 aliphatic heterocycles. The van der Waals surface area contributed by atoms with Crippen molar-refractivity contribution in [1.29, 1.82) is 0 Å². The van der Waals surface area contributed by atoms with Crippen molar-refractivity contribution in [2.45, 2.75) is 20.3 Å². The predicted octanol–water partition coefficient (Wildman–Crippen LogP) is 5.51. The molecule has 0 bridgehead atoms. The summed E-state index contributed by atoms with van der Waals surface area (Å²) in [6.07, 6.45) is 2.46. The Morgan fingerprint density at radius 1 is 0.903 bits per heavy atom. The van der Waals surface area contributed by atoms with E-state index in [4.69, 9.17) is 9.47 Å². The standard InChI is InChI=1S/C24H25N3O4/c1-18-4-11-24(16-19(18)2)31-15-3-14-30-23-12-5-20(6-13-23)17-25-26-21-7-9-22(10-8-21)27(28)29/h4-13,16-17,26H,3,14-15H2,1-2H3/b25-17+. The van der Waals surface area contributed by atoms with Gasteiger partial charge in [0.25, 0.3) is 5.69 Å². The second kappa shape index (κ2) is 10.8. The fourth-order valence-corrected chi connectivity index (χ4v) is 2.73. The van der Waals surface area contributed by atoms with Crippen LogP contribution in [0.25, 0.3) is 0 Å². The van der Waals surface area contributed by atoms with Crippen LogP contribution in [0.4, 0.5) is 11.4 Å². The minimum Gasteiger partial charge on any atom is -0.493 e. The molecule has 3 aromatic rings. The van der Waals surface area contributed by atoms with Crippen LogP contribution in [0.2, 0.25) is 0 Å². The molecule has 0 amide bonds. The maximum Gasteiger partial charge on any atom is 0.269 e. The van der Waals surface area contributed by atoms with Gasteiger partial charge in [-0.15, -0.1) is 0 Å². The van der Waals surface area contributed by atoms with Gasteiger partial charge >= 0.3 is 0 Å². The Kier molecular flexibility index (Phi) is 7.59. The van der Waals surface area contributed by atoms with Crippen molar-refractivity contribution in [3.8, 4) is 11.5 Å². The molecule has 1 N–H and O–H groups in total. The van der Waals surface area contributed by atoms with Crippen molar-refractivity contribution < 1.29 is 14.4 Å². The molecular formula is C24H25N3O4. The molecule has 0 heterocycles. The van der Waals surface area contributed by atoms with E-state index < -0.39 is 4.92 Å². The van der Waals surface area contributed by atoms with E-state index in [2.05, 4.69) is 30.4 Å². The number of aryl methyl sites for hydroxylation is 2. The van der Waals surface area contributed by atoms with E-state index in [-0.39, 0.29) is 5.69 Å². The summed E-state index contributed by atoms with van der Waals surface area (Å²) in [5.41, 5.74) is 6.94. The van der Waals surface area contributed by atoms with Crippen LogP contribution < -0.4 is 14.9 Å². The summed E-state index contributed by atoms with van der Waals surface area (Å²) in [6.45, 7) is 5.33. The number of hydrogen-bond acceptors (Lipinski definition) is 6. The Labute approximate surface area is 181 Å². The molecule has 0 aliphatic carbocycles. The molecule has 0 radical (unpaired) electrons. The maximum atomic E-state index is 10.7.